The molecule has 0 bridgehead atoms. The van der Waals surface area contributed by atoms with Crippen molar-refractivity contribution < 1.29 is 19.1 Å². The Bertz CT molecular complexity index is 1100. The van der Waals surface area contributed by atoms with Gasteiger partial charge < -0.3 is 18.9 Å². The van der Waals surface area contributed by atoms with Gasteiger partial charge in [0.2, 0.25) is 0 Å². The van der Waals surface area contributed by atoms with Crippen molar-refractivity contribution in [3.63, 3.8) is 0 Å². The highest BCUT2D eigenvalue weighted by Gasteiger charge is 2.30. The lowest BCUT2D eigenvalue weighted by Gasteiger charge is -2.26. The van der Waals surface area contributed by atoms with E-state index in [-0.39, 0.29) is 0 Å². The quantitative estimate of drug-likeness (QED) is 0.461. The molecule has 2 aromatic carbocycles. The molecule has 0 atom stereocenters. The largest absolute Gasteiger partial charge is 0.497 e. The second-order valence-electron chi connectivity index (χ2n) is 7.29. The average molecular weight is 427 g/mol. The maximum atomic E-state index is 13.3. The Morgan fingerprint density at radius 1 is 1.10 bits per heavy atom. The standard InChI is InChI=1S/C23H23ClN2O4/c1-15-21(22(27)23(28)25-9-11-30-12-10-25)19-13-18(29-2)7-8-20(19)26(15)14-16-3-5-17(24)6-4-16/h3-8,13H,9-12,14H2,1-2H3. The first kappa shape index (κ1) is 20.4. The molecule has 0 saturated carbocycles. The number of rotatable bonds is 5. The minimum absolute atomic E-state index is 0.425. The number of methoxy groups -OCH3 is 1. The van der Waals surface area contributed by atoms with Gasteiger partial charge in [-0.1, -0.05) is 23.7 Å². The number of morpholine rings is 1. The number of Topliss-reactive ketones (excluding diaryl/α,β-unsaturated/α-hetero) is 1. The van der Waals surface area contributed by atoms with Gasteiger partial charge >= 0.3 is 0 Å². The van der Waals surface area contributed by atoms with Crippen LogP contribution >= 0.6 is 11.6 Å². The number of hydrogen-bond donors (Lipinski definition) is 0. The van der Waals surface area contributed by atoms with E-state index in [4.69, 9.17) is 21.1 Å². The molecule has 2 heterocycles. The summed E-state index contributed by atoms with van der Waals surface area (Å²) < 4.78 is 12.7. The van der Waals surface area contributed by atoms with E-state index in [0.717, 1.165) is 16.8 Å². The summed E-state index contributed by atoms with van der Waals surface area (Å²) in [5, 5.41) is 1.39. The minimum atomic E-state index is -0.498. The molecule has 6 nitrogen and oxygen atoms in total. The zero-order valence-electron chi connectivity index (χ0n) is 17.0. The van der Waals surface area contributed by atoms with E-state index in [1.54, 1.807) is 12.0 Å². The monoisotopic (exact) mass is 426 g/mol. The summed E-state index contributed by atoms with van der Waals surface area (Å²) in [4.78, 5) is 27.8. The minimum Gasteiger partial charge on any atom is -0.497 e. The predicted octanol–water partition coefficient (Wildman–Crippen LogP) is 3.70. The fourth-order valence-corrected chi connectivity index (χ4v) is 3.99. The van der Waals surface area contributed by atoms with Crippen LogP contribution in [0.5, 0.6) is 5.75 Å². The highest BCUT2D eigenvalue weighted by molar-refractivity contribution is 6.45. The van der Waals surface area contributed by atoms with Gasteiger partial charge in [-0.3, -0.25) is 9.59 Å². The van der Waals surface area contributed by atoms with Gasteiger partial charge in [-0.05, 0) is 42.8 Å². The molecule has 1 fully saturated rings. The molecule has 7 heteroatoms. The van der Waals surface area contributed by atoms with Crippen LogP contribution < -0.4 is 4.74 Å². The van der Waals surface area contributed by atoms with Crippen LogP contribution in [0.4, 0.5) is 0 Å². The summed E-state index contributed by atoms with van der Waals surface area (Å²) in [6.45, 7) is 4.19. The number of nitrogens with zero attached hydrogens (tertiary/aromatic N) is 2. The molecule has 1 aliphatic heterocycles. The summed E-state index contributed by atoms with van der Waals surface area (Å²) in [7, 11) is 1.58. The van der Waals surface area contributed by atoms with Gasteiger partial charge in [-0.25, -0.2) is 0 Å². The maximum Gasteiger partial charge on any atom is 0.295 e. The second kappa shape index (κ2) is 8.50. The average Bonchev–Trinajstić information content (AvgIpc) is 3.05. The molecule has 1 aliphatic rings. The Morgan fingerprint density at radius 3 is 2.47 bits per heavy atom. The fourth-order valence-electron chi connectivity index (χ4n) is 3.87. The molecule has 0 unspecified atom stereocenters. The van der Waals surface area contributed by atoms with Gasteiger partial charge in [0, 0.05) is 41.3 Å². The first-order chi connectivity index (χ1) is 14.5. The zero-order valence-corrected chi connectivity index (χ0v) is 17.7. The van der Waals surface area contributed by atoms with E-state index in [1.165, 1.54) is 0 Å². The van der Waals surface area contributed by atoms with Gasteiger partial charge in [0.15, 0.2) is 0 Å². The summed E-state index contributed by atoms with van der Waals surface area (Å²) in [5.74, 6) is -0.351. The number of carbonyl (C=O) groups is 2. The van der Waals surface area contributed by atoms with Crippen molar-refractivity contribution >= 4 is 34.2 Å². The second-order valence-corrected chi connectivity index (χ2v) is 7.73. The molecule has 1 amide bonds. The summed E-state index contributed by atoms with van der Waals surface area (Å²) in [6.07, 6.45) is 0. The van der Waals surface area contributed by atoms with Crippen LogP contribution in [0.2, 0.25) is 5.02 Å². The molecule has 1 saturated heterocycles. The number of halogens is 1. The van der Waals surface area contributed by atoms with Crippen LogP contribution in [-0.2, 0) is 16.1 Å². The SMILES string of the molecule is COc1ccc2c(c1)c(C(=O)C(=O)N1CCOCC1)c(C)n2Cc1ccc(Cl)cc1. The van der Waals surface area contributed by atoms with Crippen molar-refractivity contribution in [3.05, 3.63) is 64.3 Å². The highest BCUT2D eigenvalue weighted by atomic mass is 35.5. The van der Waals surface area contributed by atoms with Crippen LogP contribution in [0.25, 0.3) is 10.9 Å². The maximum absolute atomic E-state index is 13.3. The molecule has 3 aromatic rings. The number of ketones is 1. The molecule has 0 radical (unpaired) electrons. The van der Waals surface area contributed by atoms with Crippen LogP contribution in [0, 0.1) is 6.92 Å². The van der Waals surface area contributed by atoms with E-state index in [2.05, 4.69) is 4.57 Å². The molecule has 1 aromatic heterocycles. The van der Waals surface area contributed by atoms with Gasteiger partial charge in [-0.15, -0.1) is 0 Å². The third-order valence-electron chi connectivity index (χ3n) is 5.50. The summed E-state index contributed by atoms with van der Waals surface area (Å²) >= 11 is 6.01. The highest BCUT2D eigenvalue weighted by Crippen LogP contribution is 2.31. The predicted molar refractivity (Wildman–Crippen MR) is 116 cm³/mol. The molecule has 0 N–H and O–H groups in total. The van der Waals surface area contributed by atoms with Crippen LogP contribution in [0.3, 0.4) is 0 Å². The third-order valence-corrected chi connectivity index (χ3v) is 5.76. The fraction of sp³-hybridized carbons (Fsp3) is 0.304. The summed E-state index contributed by atoms with van der Waals surface area (Å²) in [5.41, 5.74) is 3.10. The van der Waals surface area contributed by atoms with Gasteiger partial charge in [0.1, 0.15) is 5.75 Å². The molecule has 0 spiro atoms. The van der Waals surface area contributed by atoms with Crippen molar-refractivity contribution in [2.75, 3.05) is 33.4 Å². The molecule has 156 valence electrons. The lowest BCUT2D eigenvalue weighted by molar-refractivity contribution is -0.130. The molecule has 30 heavy (non-hydrogen) atoms. The van der Waals surface area contributed by atoms with Crippen LogP contribution in [-0.4, -0.2) is 54.6 Å². The number of amides is 1. The normalized spacial score (nSPS) is 14.2. The van der Waals surface area contributed by atoms with Crippen molar-refractivity contribution in [2.45, 2.75) is 13.5 Å². The van der Waals surface area contributed by atoms with Gasteiger partial charge in [0.25, 0.3) is 11.7 Å². The van der Waals surface area contributed by atoms with Gasteiger partial charge in [0.05, 0.1) is 25.9 Å². The number of benzene rings is 2. The Morgan fingerprint density at radius 2 is 1.80 bits per heavy atom. The van der Waals surface area contributed by atoms with Crippen molar-refractivity contribution in [3.8, 4) is 5.75 Å². The zero-order chi connectivity index (χ0) is 21.3. The smallest absolute Gasteiger partial charge is 0.295 e. The first-order valence-electron chi connectivity index (χ1n) is 9.82. The van der Waals surface area contributed by atoms with E-state index >= 15 is 0 Å². The topological polar surface area (TPSA) is 60.8 Å². The number of ether oxygens (including phenoxy) is 2. The molecular weight excluding hydrogens is 404 g/mol. The lowest BCUT2D eigenvalue weighted by atomic mass is 10.1. The Balaban J connectivity index is 1.79. The van der Waals surface area contributed by atoms with Crippen LogP contribution in [0.1, 0.15) is 21.6 Å². The number of aromatic nitrogens is 1. The molecule has 4 rings (SSSR count). The van der Waals surface area contributed by atoms with E-state index in [0.29, 0.717) is 54.6 Å². The van der Waals surface area contributed by atoms with E-state index < -0.39 is 11.7 Å². The van der Waals surface area contributed by atoms with Crippen LogP contribution in [0.15, 0.2) is 42.5 Å². The lowest BCUT2D eigenvalue weighted by Crippen LogP contribution is -2.44. The molecule has 0 aliphatic carbocycles. The Kier molecular flexibility index (Phi) is 5.79. The molecular formula is C23H23ClN2O4. The first-order valence-corrected chi connectivity index (χ1v) is 10.2. The van der Waals surface area contributed by atoms with E-state index in [1.807, 2.05) is 49.4 Å². The van der Waals surface area contributed by atoms with Crippen molar-refractivity contribution in [1.29, 1.82) is 0 Å². The number of hydrogen-bond acceptors (Lipinski definition) is 4. The van der Waals surface area contributed by atoms with E-state index in [9.17, 15) is 9.59 Å². The van der Waals surface area contributed by atoms with Crippen molar-refractivity contribution in [2.24, 2.45) is 0 Å². The Labute approximate surface area is 179 Å². The number of fused-ring (bicyclic) bond motifs is 1. The van der Waals surface area contributed by atoms with Gasteiger partial charge in [-0.2, -0.15) is 0 Å². The number of carbonyl (C=O) groups excluding carboxylic acids is 2. The van der Waals surface area contributed by atoms with Crippen molar-refractivity contribution in [1.82, 2.24) is 9.47 Å². The third kappa shape index (κ3) is 3.80. The Hall–Kier alpha value is -2.83. The summed E-state index contributed by atoms with van der Waals surface area (Å²) in [6, 6.07) is 13.2.